The Balaban J connectivity index is 2.12. The molecule has 3 aromatic rings. The first-order valence-corrected chi connectivity index (χ1v) is 11.9. The first-order chi connectivity index (χ1) is 13.7. The molecule has 0 aromatic heterocycles. The Kier molecular flexibility index (Phi) is 6.98. The first-order valence-electron chi connectivity index (χ1n) is 8.57. The Morgan fingerprint density at radius 3 is 1.66 bits per heavy atom. The largest absolute Gasteiger partial charge is 0.338 e. The number of benzene rings is 3. The van der Waals surface area contributed by atoms with E-state index in [-0.39, 0.29) is 0 Å². The highest BCUT2D eigenvalue weighted by Gasteiger charge is 2.49. The molecular formula is C21H16Cl4NO2P. The molecule has 0 fully saturated rings. The molecule has 1 amide bonds. The van der Waals surface area contributed by atoms with E-state index in [0.717, 1.165) is 0 Å². The van der Waals surface area contributed by atoms with E-state index >= 15 is 0 Å². The van der Waals surface area contributed by atoms with Crippen molar-refractivity contribution in [2.24, 2.45) is 0 Å². The first kappa shape index (κ1) is 22.2. The van der Waals surface area contributed by atoms with Gasteiger partial charge in [0.25, 0.3) is 5.91 Å². The van der Waals surface area contributed by atoms with Gasteiger partial charge in [-0.1, -0.05) is 107 Å². The molecule has 3 aromatic carbocycles. The van der Waals surface area contributed by atoms with Crippen LogP contribution in [0.15, 0.2) is 84.9 Å². The second kappa shape index (κ2) is 9.12. The maximum absolute atomic E-state index is 14.5. The lowest BCUT2D eigenvalue weighted by Crippen LogP contribution is -2.47. The van der Waals surface area contributed by atoms with Crippen LogP contribution >= 0.6 is 53.5 Å². The predicted octanol–water partition coefficient (Wildman–Crippen LogP) is 5.78. The Morgan fingerprint density at radius 2 is 1.24 bits per heavy atom. The highest BCUT2D eigenvalue weighted by Crippen LogP contribution is 2.55. The molecule has 1 atom stereocenters. The average molecular weight is 487 g/mol. The summed E-state index contributed by atoms with van der Waals surface area (Å²) < 4.78 is 12.5. The van der Waals surface area contributed by atoms with Crippen molar-refractivity contribution in [1.29, 1.82) is 0 Å². The lowest BCUT2D eigenvalue weighted by atomic mass is 10.2. The number of halogens is 4. The Labute approximate surface area is 189 Å². The molecule has 0 heterocycles. The summed E-state index contributed by atoms with van der Waals surface area (Å²) >= 11 is 24.7. The van der Waals surface area contributed by atoms with Crippen molar-refractivity contribution in [2.45, 2.75) is 9.58 Å². The summed E-state index contributed by atoms with van der Waals surface area (Å²) in [6.07, 6.45) is 0. The van der Waals surface area contributed by atoms with Crippen LogP contribution in [0.3, 0.4) is 0 Å². The number of hydrogen-bond donors (Lipinski definition) is 1. The number of amides is 1. The van der Waals surface area contributed by atoms with Crippen LogP contribution in [0.5, 0.6) is 0 Å². The van der Waals surface area contributed by atoms with Gasteiger partial charge in [0.15, 0.2) is 7.14 Å². The van der Waals surface area contributed by atoms with Crippen LogP contribution < -0.4 is 15.9 Å². The zero-order chi connectivity index (χ0) is 21.1. The summed E-state index contributed by atoms with van der Waals surface area (Å²) in [7, 11) is -3.59. The number of carbonyl (C=O) groups excluding carboxylic acids is 1. The Morgan fingerprint density at radius 1 is 0.793 bits per heavy atom. The maximum atomic E-state index is 14.5. The topological polar surface area (TPSA) is 46.2 Å². The van der Waals surface area contributed by atoms with E-state index in [1.807, 2.05) is 0 Å². The van der Waals surface area contributed by atoms with Gasteiger partial charge in [0.2, 0.25) is 3.79 Å². The molecule has 0 spiro atoms. The van der Waals surface area contributed by atoms with Gasteiger partial charge in [0.05, 0.1) is 0 Å². The highest BCUT2D eigenvalue weighted by atomic mass is 35.6. The quantitative estimate of drug-likeness (QED) is 0.367. The molecule has 3 rings (SSSR count). The monoisotopic (exact) mass is 485 g/mol. The van der Waals surface area contributed by atoms with Crippen LogP contribution in [0, 0.1) is 0 Å². The van der Waals surface area contributed by atoms with Gasteiger partial charge >= 0.3 is 0 Å². The van der Waals surface area contributed by atoms with Gasteiger partial charge in [-0.15, -0.1) is 0 Å². The van der Waals surface area contributed by atoms with Gasteiger partial charge in [-0.25, -0.2) is 0 Å². The van der Waals surface area contributed by atoms with E-state index < -0.39 is 22.6 Å². The lowest BCUT2D eigenvalue weighted by Gasteiger charge is -2.34. The molecule has 0 saturated heterocycles. The van der Waals surface area contributed by atoms with Crippen LogP contribution in [0.4, 0.5) is 0 Å². The van der Waals surface area contributed by atoms with Crippen molar-refractivity contribution in [3.8, 4) is 0 Å². The summed E-state index contributed by atoms with van der Waals surface area (Å²) in [5.74, 6) is -1.82. The van der Waals surface area contributed by atoms with Crippen LogP contribution in [0.2, 0.25) is 5.02 Å². The standard InChI is InChI=1S/C21H16Cl4NO2P/c22-16-13-11-15(12-14-16)19(27)26-20(21(23,24)25)29(28,17-7-3-1-4-8-17)18-9-5-2-6-10-18/h1-14,20H,(H,26,27)/t20-/m1/s1. The molecule has 1 N–H and O–H groups in total. The van der Waals surface area contributed by atoms with Crippen LogP contribution in [-0.2, 0) is 4.57 Å². The van der Waals surface area contributed by atoms with Crippen molar-refractivity contribution in [3.05, 3.63) is 95.5 Å². The molecule has 0 unspecified atom stereocenters. The Hall–Kier alpha value is -1.48. The molecule has 0 saturated carbocycles. The fourth-order valence-corrected chi connectivity index (χ4v) is 7.30. The van der Waals surface area contributed by atoms with Crippen molar-refractivity contribution in [2.75, 3.05) is 0 Å². The van der Waals surface area contributed by atoms with Crippen LogP contribution in [0.1, 0.15) is 10.4 Å². The Bertz CT molecular complexity index is 979. The van der Waals surface area contributed by atoms with Gasteiger partial charge in [-0.2, -0.15) is 0 Å². The summed E-state index contributed by atoms with van der Waals surface area (Å²) in [6, 6.07) is 23.7. The van der Waals surface area contributed by atoms with Gasteiger partial charge in [0.1, 0.15) is 5.78 Å². The van der Waals surface area contributed by atoms with Gasteiger partial charge in [-0.3, -0.25) is 4.79 Å². The fraction of sp³-hybridized carbons (Fsp3) is 0.0952. The van der Waals surface area contributed by atoms with E-state index in [1.54, 1.807) is 84.9 Å². The molecule has 29 heavy (non-hydrogen) atoms. The number of nitrogens with one attached hydrogen (secondary N) is 1. The normalized spacial score (nSPS) is 13.0. The average Bonchev–Trinajstić information content (AvgIpc) is 2.72. The van der Waals surface area contributed by atoms with Crippen LogP contribution in [0.25, 0.3) is 0 Å². The second-order valence-corrected chi connectivity index (χ2v) is 11.9. The van der Waals surface area contributed by atoms with E-state index in [4.69, 9.17) is 46.4 Å². The lowest BCUT2D eigenvalue weighted by molar-refractivity contribution is 0.0948. The molecule has 0 radical (unpaired) electrons. The van der Waals surface area contributed by atoms with Crippen LogP contribution in [-0.4, -0.2) is 15.5 Å². The smallest absolute Gasteiger partial charge is 0.252 e. The zero-order valence-corrected chi connectivity index (χ0v) is 18.9. The molecule has 150 valence electrons. The fourth-order valence-electron chi connectivity index (χ4n) is 2.93. The molecule has 0 aliphatic carbocycles. The molecular weight excluding hydrogens is 471 g/mol. The van der Waals surface area contributed by atoms with E-state index in [1.165, 1.54) is 0 Å². The number of carbonyl (C=O) groups is 1. The van der Waals surface area contributed by atoms with Gasteiger partial charge in [0, 0.05) is 21.2 Å². The van der Waals surface area contributed by atoms with E-state index in [9.17, 15) is 9.36 Å². The van der Waals surface area contributed by atoms with Crippen molar-refractivity contribution < 1.29 is 9.36 Å². The molecule has 8 heteroatoms. The van der Waals surface area contributed by atoms with Crippen molar-refractivity contribution in [1.82, 2.24) is 5.32 Å². The SMILES string of the molecule is O=C(N[C@@H](C(Cl)(Cl)Cl)P(=O)(c1ccccc1)c1ccccc1)c1ccc(Cl)cc1. The third kappa shape index (κ3) is 4.99. The van der Waals surface area contributed by atoms with Crippen molar-refractivity contribution in [3.63, 3.8) is 0 Å². The number of rotatable bonds is 5. The highest BCUT2D eigenvalue weighted by molar-refractivity contribution is 7.79. The molecule has 3 nitrogen and oxygen atoms in total. The third-order valence-electron chi connectivity index (χ3n) is 4.33. The zero-order valence-electron chi connectivity index (χ0n) is 14.9. The molecule has 0 aliphatic heterocycles. The third-order valence-corrected chi connectivity index (χ3v) is 9.06. The number of alkyl halides is 3. The van der Waals surface area contributed by atoms with Gasteiger partial charge < -0.3 is 9.88 Å². The van der Waals surface area contributed by atoms with Gasteiger partial charge in [-0.05, 0) is 24.3 Å². The summed E-state index contributed by atoms with van der Waals surface area (Å²) in [6.45, 7) is 0. The molecule has 0 bridgehead atoms. The summed E-state index contributed by atoms with van der Waals surface area (Å²) in [5, 5.41) is 4.12. The van der Waals surface area contributed by atoms with E-state index in [2.05, 4.69) is 5.32 Å². The second-order valence-electron chi connectivity index (χ2n) is 6.25. The molecule has 0 aliphatic rings. The minimum absolute atomic E-state index is 0.307. The maximum Gasteiger partial charge on any atom is 0.252 e. The predicted molar refractivity (Wildman–Crippen MR) is 123 cm³/mol. The minimum Gasteiger partial charge on any atom is -0.338 e. The van der Waals surface area contributed by atoms with E-state index in [0.29, 0.717) is 21.2 Å². The summed E-state index contributed by atoms with van der Waals surface area (Å²) in [4.78, 5) is 12.9. The summed E-state index contributed by atoms with van der Waals surface area (Å²) in [5.41, 5.74) is 0.307. The number of hydrogen-bond acceptors (Lipinski definition) is 2. The minimum atomic E-state index is -3.59. The van der Waals surface area contributed by atoms with Crippen molar-refractivity contribution >= 4 is 70.1 Å².